The van der Waals surface area contributed by atoms with Crippen LogP contribution in [0.25, 0.3) is 6.08 Å². The Bertz CT molecular complexity index is 999. The quantitative estimate of drug-likeness (QED) is 0.743. The highest BCUT2D eigenvalue weighted by atomic mass is 32.2. The fourth-order valence-corrected chi connectivity index (χ4v) is 3.27. The van der Waals surface area contributed by atoms with Gasteiger partial charge in [-0.05, 0) is 47.7 Å². The van der Waals surface area contributed by atoms with Gasteiger partial charge in [0.15, 0.2) is 17.6 Å². The van der Waals surface area contributed by atoms with Crippen LogP contribution in [-0.2, 0) is 4.79 Å². The Balaban J connectivity index is 1.86. The third-order valence-corrected chi connectivity index (χ3v) is 4.65. The number of thioether (sulfide) groups is 1. The second-order valence-electron chi connectivity index (χ2n) is 5.48. The summed E-state index contributed by atoms with van der Waals surface area (Å²) in [7, 11) is 1.53. The number of amidine groups is 1. The fourth-order valence-electron chi connectivity index (χ4n) is 2.29. The van der Waals surface area contributed by atoms with Crippen molar-refractivity contribution in [3.63, 3.8) is 0 Å². The van der Waals surface area contributed by atoms with Crippen molar-refractivity contribution in [3.05, 3.63) is 64.6 Å². The number of carbonyl (C=O) groups excluding carboxylic acids is 1. The van der Waals surface area contributed by atoms with Gasteiger partial charge in [0, 0.05) is 13.1 Å². The molecule has 0 spiro atoms. The van der Waals surface area contributed by atoms with E-state index in [0.29, 0.717) is 16.2 Å². The van der Waals surface area contributed by atoms with Crippen molar-refractivity contribution in [3.8, 4) is 11.8 Å². The van der Waals surface area contributed by atoms with Crippen molar-refractivity contribution in [2.24, 2.45) is 4.99 Å². The topological polar surface area (TPSA) is 65.7 Å². The number of aliphatic imine (C=N–C) groups is 1. The number of carbonyl (C=O) groups is 1. The Morgan fingerprint density at radius 2 is 2.11 bits per heavy atom. The maximum absolute atomic E-state index is 13.8. The molecule has 2 aromatic carbocycles. The van der Waals surface area contributed by atoms with Gasteiger partial charge in [-0.25, -0.2) is 13.8 Å². The Kier molecular flexibility index (Phi) is 5.52. The zero-order valence-electron chi connectivity index (χ0n) is 14.1. The molecule has 0 unspecified atom stereocenters. The van der Waals surface area contributed by atoms with Gasteiger partial charge in [-0.1, -0.05) is 12.1 Å². The average Bonchev–Trinajstić information content (AvgIpc) is 2.90. The van der Waals surface area contributed by atoms with Crippen LogP contribution in [0.1, 0.15) is 5.56 Å². The molecule has 3 rings (SSSR count). The molecule has 1 aliphatic rings. The van der Waals surface area contributed by atoms with Gasteiger partial charge in [0.05, 0.1) is 4.91 Å². The molecule has 1 aliphatic heterocycles. The van der Waals surface area contributed by atoms with Crippen LogP contribution in [-0.4, -0.2) is 29.6 Å². The predicted octanol–water partition coefficient (Wildman–Crippen LogP) is 4.10. The summed E-state index contributed by atoms with van der Waals surface area (Å²) in [5, 5.41) is 8.86. The molecular formula is C19H13F2N3O2S. The van der Waals surface area contributed by atoms with Crippen LogP contribution in [0.3, 0.4) is 0 Å². The molecule has 0 bridgehead atoms. The van der Waals surface area contributed by atoms with Gasteiger partial charge in [0.25, 0.3) is 5.91 Å². The maximum atomic E-state index is 13.8. The summed E-state index contributed by atoms with van der Waals surface area (Å²) < 4.78 is 32.1. The van der Waals surface area contributed by atoms with Crippen molar-refractivity contribution in [2.75, 3.05) is 13.7 Å². The summed E-state index contributed by atoms with van der Waals surface area (Å²) in [6, 6.07) is 11.9. The largest absolute Gasteiger partial charge is 0.479 e. The minimum absolute atomic E-state index is 0.0494. The Hall–Kier alpha value is -3.18. The number of hydrogen-bond acceptors (Lipinski definition) is 5. The average molecular weight is 385 g/mol. The minimum Gasteiger partial charge on any atom is -0.479 e. The van der Waals surface area contributed by atoms with Crippen molar-refractivity contribution in [1.29, 1.82) is 5.26 Å². The minimum atomic E-state index is -0.802. The van der Waals surface area contributed by atoms with Gasteiger partial charge in [-0.3, -0.25) is 9.69 Å². The summed E-state index contributed by atoms with van der Waals surface area (Å²) in [5.74, 6) is -1.27. The number of likely N-dealkylation sites (N-methyl/N-ethyl adjacent to an activating group) is 1. The first kappa shape index (κ1) is 18.6. The third-order valence-electron chi connectivity index (χ3n) is 3.59. The van der Waals surface area contributed by atoms with Crippen molar-refractivity contribution >= 4 is 34.6 Å². The van der Waals surface area contributed by atoms with Crippen molar-refractivity contribution in [1.82, 2.24) is 4.90 Å². The molecule has 8 heteroatoms. The van der Waals surface area contributed by atoms with E-state index in [1.165, 1.54) is 18.0 Å². The molecule has 0 aromatic heterocycles. The molecule has 1 saturated heterocycles. The van der Waals surface area contributed by atoms with Crippen LogP contribution < -0.4 is 4.74 Å². The predicted molar refractivity (Wildman–Crippen MR) is 99.3 cm³/mol. The molecule has 1 fully saturated rings. The number of amides is 1. The smallest absolute Gasteiger partial charge is 0.266 e. The van der Waals surface area contributed by atoms with Gasteiger partial charge >= 0.3 is 0 Å². The monoisotopic (exact) mass is 385 g/mol. The maximum Gasteiger partial charge on any atom is 0.266 e. The lowest BCUT2D eigenvalue weighted by Gasteiger charge is -2.07. The van der Waals surface area contributed by atoms with Crippen LogP contribution in [0.4, 0.5) is 14.5 Å². The molecule has 0 atom stereocenters. The van der Waals surface area contributed by atoms with Crippen LogP contribution in [0, 0.1) is 23.0 Å². The Morgan fingerprint density at radius 1 is 1.30 bits per heavy atom. The van der Waals surface area contributed by atoms with E-state index >= 15 is 0 Å². The summed E-state index contributed by atoms with van der Waals surface area (Å²) in [6.07, 6.45) is 1.66. The van der Waals surface area contributed by atoms with Crippen molar-refractivity contribution in [2.45, 2.75) is 0 Å². The first-order valence-electron chi connectivity index (χ1n) is 7.79. The molecule has 136 valence electrons. The van der Waals surface area contributed by atoms with Gasteiger partial charge in [0.2, 0.25) is 0 Å². The summed E-state index contributed by atoms with van der Waals surface area (Å²) in [5.41, 5.74) is 0.663. The van der Waals surface area contributed by atoms with Crippen LogP contribution in [0.15, 0.2) is 52.4 Å². The zero-order chi connectivity index (χ0) is 19.4. The first-order valence-corrected chi connectivity index (χ1v) is 8.61. The highest BCUT2D eigenvalue weighted by molar-refractivity contribution is 8.18. The van der Waals surface area contributed by atoms with Crippen LogP contribution in [0.5, 0.6) is 5.75 Å². The van der Waals surface area contributed by atoms with Gasteiger partial charge in [-0.15, -0.1) is 0 Å². The lowest BCUT2D eigenvalue weighted by atomic mass is 10.2. The number of nitriles is 1. The molecule has 0 saturated carbocycles. The van der Waals surface area contributed by atoms with E-state index in [1.807, 2.05) is 6.07 Å². The number of ether oxygens (including phenoxy) is 1. The second kappa shape index (κ2) is 8.01. The third kappa shape index (κ3) is 4.33. The Labute approximate surface area is 158 Å². The van der Waals surface area contributed by atoms with E-state index in [9.17, 15) is 13.6 Å². The van der Waals surface area contributed by atoms with E-state index < -0.39 is 11.6 Å². The molecule has 0 N–H and O–H groups in total. The summed E-state index contributed by atoms with van der Waals surface area (Å²) in [4.78, 5) is 18.3. The van der Waals surface area contributed by atoms with E-state index in [2.05, 4.69) is 4.99 Å². The van der Waals surface area contributed by atoms with Gasteiger partial charge in [-0.2, -0.15) is 5.26 Å². The zero-order valence-corrected chi connectivity index (χ0v) is 15.0. The second-order valence-corrected chi connectivity index (χ2v) is 6.49. The number of benzene rings is 2. The highest BCUT2D eigenvalue weighted by Gasteiger charge is 2.30. The molecule has 27 heavy (non-hydrogen) atoms. The van der Waals surface area contributed by atoms with E-state index in [4.69, 9.17) is 10.00 Å². The number of rotatable bonds is 4. The lowest BCUT2D eigenvalue weighted by molar-refractivity contribution is -0.121. The molecule has 0 aliphatic carbocycles. The molecule has 0 radical (unpaired) electrons. The van der Waals surface area contributed by atoms with Crippen molar-refractivity contribution < 1.29 is 18.3 Å². The number of halogens is 2. The SMILES string of the molecule is CN1C(=O)/C(=C\c2cccc(OCC#N)c2)SC1=Nc1ccc(F)cc1F. The Morgan fingerprint density at radius 3 is 2.85 bits per heavy atom. The molecule has 5 nitrogen and oxygen atoms in total. The first-order chi connectivity index (χ1) is 13.0. The van der Waals surface area contributed by atoms with E-state index in [1.54, 1.807) is 30.3 Å². The lowest BCUT2D eigenvalue weighted by Crippen LogP contribution is -2.23. The van der Waals surface area contributed by atoms with Gasteiger partial charge in [0.1, 0.15) is 23.3 Å². The number of hydrogen-bond donors (Lipinski definition) is 0. The normalized spacial score (nSPS) is 16.8. The number of nitrogens with zero attached hydrogens (tertiary/aromatic N) is 3. The van der Waals surface area contributed by atoms with Gasteiger partial charge < -0.3 is 4.74 Å². The standard InChI is InChI=1S/C19H13F2N3O2S/c1-24-18(25)17(10-12-3-2-4-14(9-12)26-8-7-22)27-19(24)23-16-6-5-13(20)11-15(16)21/h2-6,9-11H,8H2,1H3/b17-10+,23-19?. The van der Waals surface area contributed by atoms with E-state index in [-0.39, 0.29) is 23.4 Å². The highest BCUT2D eigenvalue weighted by Crippen LogP contribution is 2.34. The summed E-state index contributed by atoms with van der Waals surface area (Å²) in [6.45, 7) is -0.0729. The molecule has 1 heterocycles. The van der Waals surface area contributed by atoms with E-state index in [0.717, 1.165) is 23.9 Å². The summed E-state index contributed by atoms with van der Waals surface area (Å²) >= 11 is 1.09. The molecule has 1 amide bonds. The fraction of sp³-hybridized carbons (Fsp3) is 0.105. The van der Waals surface area contributed by atoms with Crippen LogP contribution >= 0.6 is 11.8 Å². The van der Waals surface area contributed by atoms with Crippen LogP contribution in [0.2, 0.25) is 0 Å². The molecule has 2 aromatic rings. The molecular weight excluding hydrogens is 372 g/mol.